The monoisotopic (exact) mass is 296 g/mol. The molecule has 0 spiro atoms. The fraction of sp³-hybridized carbons (Fsp3) is 0.944. The van der Waals surface area contributed by atoms with Crippen molar-refractivity contribution in [1.82, 2.24) is 4.90 Å². The third-order valence-electron chi connectivity index (χ3n) is 4.45. The van der Waals surface area contributed by atoms with Gasteiger partial charge in [-0.05, 0) is 49.9 Å². The molecule has 0 aromatic heterocycles. The number of carbonyl (C=O) groups excluding carboxylic acids is 1. The first-order valence-corrected chi connectivity index (χ1v) is 8.78. The SMILES string of the molecule is CCCN(C(=O)CC(C)CC(C)(C)C)C1CCC(N)CC1. The van der Waals surface area contributed by atoms with Gasteiger partial charge in [0.2, 0.25) is 5.91 Å². The van der Waals surface area contributed by atoms with E-state index in [4.69, 9.17) is 5.73 Å². The van der Waals surface area contributed by atoms with Gasteiger partial charge in [0.25, 0.3) is 0 Å². The van der Waals surface area contributed by atoms with Gasteiger partial charge in [-0.1, -0.05) is 34.6 Å². The van der Waals surface area contributed by atoms with E-state index < -0.39 is 0 Å². The Kier molecular flexibility index (Phi) is 7.19. The number of nitrogens with zero attached hydrogens (tertiary/aromatic N) is 1. The van der Waals surface area contributed by atoms with Gasteiger partial charge in [0.05, 0.1) is 0 Å². The molecule has 0 saturated heterocycles. The number of rotatable bonds is 6. The van der Waals surface area contributed by atoms with Gasteiger partial charge >= 0.3 is 0 Å². The molecule has 0 radical (unpaired) electrons. The maximum atomic E-state index is 12.7. The summed E-state index contributed by atoms with van der Waals surface area (Å²) in [5.41, 5.74) is 6.29. The standard InChI is InChI=1S/C18H36N2O/c1-6-11-20(16-9-7-15(19)8-10-16)17(21)12-14(2)13-18(3,4)5/h14-16H,6-13,19H2,1-5H3. The van der Waals surface area contributed by atoms with Crippen molar-refractivity contribution < 1.29 is 4.79 Å². The highest BCUT2D eigenvalue weighted by atomic mass is 16.2. The Hall–Kier alpha value is -0.570. The minimum atomic E-state index is 0.299. The van der Waals surface area contributed by atoms with E-state index in [0.29, 0.717) is 35.7 Å². The lowest BCUT2D eigenvalue weighted by molar-refractivity contribution is -0.135. The van der Waals surface area contributed by atoms with Gasteiger partial charge in [0.15, 0.2) is 0 Å². The summed E-state index contributed by atoms with van der Waals surface area (Å²) in [5, 5.41) is 0. The Morgan fingerprint density at radius 3 is 2.29 bits per heavy atom. The molecule has 1 aliphatic carbocycles. The van der Waals surface area contributed by atoms with Gasteiger partial charge in [0, 0.05) is 25.0 Å². The average molecular weight is 296 g/mol. The number of hydrogen-bond acceptors (Lipinski definition) is 2. The molecule has 0 heterocycles. The molecule has 1 atom stereocenters. The molecule has 0 aromatic carbocycles. The maximum Gasteiger partial charge on any atom is 0.223 e. The molecule has 0 aliphatic heterocycles. The molecule has 1 amide bonds. The molecule has 1 aliphatic rings. The van der Waals surface area contributed by atoms with E-state index in [1.807, 2.05) is 0 Å². The van der Waals surface area contributed by atoms with Crippen molar-refractivity contribution in [3.63, 3.8) is 0 Å². The summed E-state index contributed by atoms with van der Waals surface area (Å²) in [7, 11) is 0. The fourth-order valence-electron chi connectivity index (χ4n) is 3.70. The summed E-state index contributed by atoms with van der Waals surface area (Å²) >= 11 is 0. The van der Waals surface area contributed by atoms with Crippen molar-refractivity contribution >= 4 is 5.91 Å². The lowest BCUT2D eigenvalue weighted by Crippen LogP contribution is -2.45. The van der Waals surface area contributed by atoms with Crippen LogP contribution in [0.15, 0.2) is 0 Å². The predicted molar refractivity (Wildman–Crippen MR) is 90.1 cm³/mol. The van der Waals surface area contributed by atoms with Crippen LogP contribution in [0.4, 0.5) is 0 Å². The van der Waals surface area contributed by atoms with Crippen LogP contribution >= 0.6 is 0 Å². The first-order chi connectivity index (χ1) is 9.73. The molecule has 3 heteroatoms. The fourth-order valence-corrected chi connectivity index (χ4v) is 3.70. The van der Waals surface area contributed by atoms with Crippen molar-refractivity contribution in [3.8, 4) is 0 Å². The molecule has 124 valence electrons. The number of hydrogen-bond donors (Lipinski definition) is 1. The molecule has 21 heavy (non-hydrogen) atoms. The van der Waals surface area contributed by atoms with Gasteiger partial charge in [-0.3, -0.25) is 4.79 Å². The quantitative estimate of drug-likeness (QED) is 0.806. The summed E-state index contributed by atoms with van der Waals surface area (Å²) in [6.07, 6.45) is 7.14. The van der Waals surface area contributed by atoms with Crippen LogP contribution in [0.25, 0.3) is 0 Å². The van der Waals surface area contributed by atoms with Crippen molar-refractivity contribution in [2.45, 2.75) is 91.6 Å². The Morgan fingerprint density at radius 1 is 1.24 bits per heavy atom. The average Bonchev–Trinajstić information content (AvgIpc) is 2.34. The van der Waals surface area contributed by atoms with Crippen LogP contribution in [0, 0.1) is 11.3 Å². The minimum Gasteiger partial charge on any atom is -0.340 e. The summed E-state index contributed by atoms with van der Waals surface area (Å²) in [6.45, 7) is 12.0. The van der Waals surface area contributed by atoms with Crippen molar-refractivity contribution in [2.24, 2.45) is 17.1 Å². The van der Waals surface area contributed by atoms with Gasteiger partial charge in [-0.2, -0.15) is 0 Å². The molecule has 1 saturated carbocycles. The van der Waals surface area contributed by atoms with Gasteiger partial charge < -0.3 is 10.6 Å². The number of amides is 1. The van der Waals surface area contributed by atoms with Crippen LogP contribution < -0.4 is 5.73 Å². The largest absolute Gasteiger partial charge is 0.340 e. The second-order valence-electron chi connectivity index (χ2n) is 8.23. The third kappa shape index (κ3) is 6.82. The summed E-state index contributed by atoms with van der Waals surface area (Å²) in [4.78, 5) is 14.9. The summed E-state index contributed by atoms with van der Waals surface area (Å²) in [5.74, 6) is 0.816. The lowest BCUT2D eigenvalue weighted by Gasteiger charge is -2.37. The molecule has 1 fully saturated rings. The smallest absolute Gasteiger partial charge is 0.223 e. The van der Waals surface area contributed by atoms with Crippen LogP contribution in [0.5, 0.6) is 0 Å². The summed E-state index contributed by atoms with van der Waals surface area (Å²) < 4.78 is 0. The zero-order chi connectivity index (χ0) is 16.0. The first kappa shape index (κ1) is 18.5. The predicted octanol–water partition coefficient (Wildman–Crippen LogP) is 3.96. The van der Waals surface area contributed by atoms with Crippen LogP contribution in [-0.2, 0) is 4.79 Å². The first-order valence-electron chi connectivity index (χ1n) is 8.78. The third-order valence-corrected chi connectivity index (χ3v) is 4.45. The Labute approximate surface area is 131 Å². The van der Waals surface area contributed by atoms with E-state index in [0.717, 1.165) is 45.1 Å². The topological polar surface area (TPSA) is 46.3 Å². The Bertz CT molecular complexity index is 314. The van der Waals surface area contributed by atoms with Gasteiger partial charge in [-0.25, -0.2) is 0 Å². The Balaban J connectivity index is 2.56. The molecular formula is C18H36N2O. The molecule has 0 aromatic rings. The van der Waals surface area contributed by atoms with E-state index >= 15 is 0 Å². The highest BCUT2D eigenvalue weighted by Crippen LogP contribution is 2.28. The molecule has 2 N–H and O–H groups in total. The van der Waals surface area contributed by atoms with Crippen molar-refractivity contribution in [3.05, 3.63) is 0 Å². The van der Waals surface area contributed by atoms with Gasteiger partial charge in [-0.15, -0.1) is 0 Å². The van der Waals surface area contributed by atoms with Crippen LogP contribution in [0.1, 0.15) is 79.6 Å². The number of nitrogens with two attached hydrogens (primary N) is 1. The maximum absolute atomic E-state index is 12.7. The van der Waals surface area contributed by atoms with Gasteiger partial charge in [0.1, 0.15) is 0 Å². The van der Waals surface area contributed by atoms with Crippen LogP contribution in [0.3, 0.4) is 0 Å². The van der Waals surface area contributed by atoms with E-state index in [-0.39, 0.29) is 0 Å². The second kappa shape index (κ2) is 8.17. The van der Waals surface area contributed by atoms with Crippen molar-refractivity contribution in [2.75, 3.05) is 6.54 Å². The summed E-state index contributed by atoms with van der Waals surface area (Å²) in [6, 6.07) is 0.777. The zero-order valence-corrected chi connectivity index (χ0v) is 14.8. The number of carbonyl (C=O) groups is 1. The lowest BCUT2D eigenvalue weighted by atomic mass is 9.83. The normalized spacial score (nSPS) is 24.7. The minimum absolute atomic E-state index is 0.299. The molecule has 0 bridgehead atoms. The highest BCUT2D eigenvalue weighted by molar-refractivity contribution is 5.76. The molecule has 1 rings (SSSR count). The molecule has 1 unspecified atom stereocenters. The zero-order valence-electron chi connectivity index (χ0n) is 14.8. The van der Waals surface area contributed by atoms with Crippen molar-refractivity contribution in [1.29, 1.82) is 0 Å². The van der Waals surface area contributed by atoms with E-state index in [2.05, 4.69) is 39.5 Å². The Morgan fingerprint density at radius 2 is 1.81 bits per heavy atom. The van der Waals surface area contributed by atoms with Crippen LogP contribution in [0.2, 0.25) is 0 Å². The van der Waals surface area contributed by atoms with E-state index in [1.54, 1.807) is 0 Å². The highest BCUT2D eigenvalue weighted by Gasteiger charge is 2.28. The van der Waals surface area contributed by atoms with E-state index in [9.17, 15) is 4.79 Å². The molecule has 3 nitrogen and oxygen atoms in total. The van der Waals surface area contributed by atoms with Crippen LogP contribution in [-0.4, -0.2) is 29.4 Å². The van der Waals surface area contributed by atoms with E-state index in [1.165, 1.54) is 0 Å². The molecular weight excluding hydrogens is 260 g/mol. The second-order valence-corrected chi connectivity index (χ2v) is 8.23.